The number of rotatable bonds is 2. The van der Waals surface area contributed by atoms with E-state index in [4.69, 9.17) is 10.2 Å². The van der Waals surface area contributed by atoms with Crippen LogP contribution < -0.4 is 5.73 Å². The minimum absolute atomic E-state index is 0.0815. The normalized spacial score (nSPS) is 14.6. The summed E-state index contributed by atoms with van der Waals surface area (Å²) in [5.41, 5.74) is 7.29. The highest BCUT2D eigenvalue weighted by Crippen LogP contribution is 2.21. The van der Waals surface area contributed by atoms with Crippen LogP contribution in [-0.4, -0.2) is 27.3 Å². The molecular formula is C12H14N4O2. The molecule has 3 N–H and O–H groups in total. The third-order valence-electron chi connectivity index (χ3n) is 3.10. The number of hydrogen-bond donors (Lipinski definition) is 2. The number of amides is 1. The van der Waals surface area contributed by atoms with Crippen molar-refractivity contribution in [3.05, 3.63) is 35.5 Å². The Bertz CT molecular complexity index is 559. The van der Waals surface area contributed by atoms with Crippen molar-refractivity contribution in [2.24, 2.45) is 0 Å². The Morgan fingerprint density at radius 1 is 1.61 bits per heavy atom. The number of aromatic amines is 1. The van der Waals surface area contributed by atoms with Crippen molar-refractivity contribution in [2.75, 3.05) is 12.3 Å². The van der Waals surface area contributed by atoms with E-state index in [0.717, 1.165) is 11.4 Å². The summed E-state index contributed by atoms with van der Waals surface area (Å²) < 4.78 is 5.29. The Morgan fingerprint density at radius 3 is 3.28 bits per heavy atom. The third-order valence-corrected chi connectivity index (χ3v) is 3.10. The summed E-state index contributed by atoms with van der Waals surface area (Å²) in [6.45, 7) is 1.12. The summed E-state index contributed by atoms with van der Waals surface area (Å²) in [6, 6.07) is 3.96. The molecule has 0 bridgehead atoms. The first-order chi connectivity index (χ1) is 8.72. The molecule has 0 unspecified atom stereocenters. The second-order valence-corrected chi connectivity index (χ2v) is 4.36. The summed E-state index contributed by atoms with van der Waals surface area (Å²) in [7, 11) is 0. The number of oxazole rings is 1. The molecular weight excluding hydrogens is 232 g/mol. The van der Waals surface area contributed by atoms with E-state index in [1.54, 1.807) is 4.90 Å². The lowest BCUT2D eigenvalue weighted by Gasteiger charge is -2.25. The molecule has 0 radical (unpaired) electrons. The van der Waals surface area contributed by atoms with Gasteiger partial charge in [-0.05, 0) is 12.1 Å². The molecule has 6 nitrogen and oxygen atoms in total. The molecule has 0 spiro atoms. The van der Waals surface area contributed by atoms with E-state index in [1.807, 2.05) is 18.3 Å². The van der Waals surface area contributed by atoms with Crippen molar-refractivity contribution in [1.82, 2.24) is 14.9 Å². The van der Waals surface area contributed by atoms with Gasteiger partial charge in [0.05, 0.1) is 18.7 Å². The number of carbonyl (C=O) groups excluding carboxylic acids is 1. The Kier molecular flexibility index (Phi) is 2.55. The fourth-order valence-corrected chi connectivity index (χ4v) is 2.18. The second kappa shape index (κ2) is 4.21. The molecule has 94 valence electrons. The molecule has 1 aliphatic heterocycles. The standard InChI is InChI=1S/C12H14N4O2/c13-12-15-9-3-5-16(7-10(9)18-12)11(17)6-8-2-1-4-14-8/h1-2,4,14H,3,5-7H2,(H2,13,15). The third kappa shape index (κ3) is 1.97. The van der Waals surface area contributed by atoms with Crippen molar-refractivity contribution < 1.29 is 9.21 Å². The number of nitrogen functional groups attached to an aromatic ring is 1. The van der Waals surface area contributed by atoms with Crippen molar-refractivity contribution >= 4 is 11.9 Å². The van der Waals surface area contributed by atoms with Crippen LogP contribution in [0.2, 0.25) is 0 Å². The molecule has 3 rings (SSSR count). The lowest BCUT2D eigenvalue weighted by molar-refractivity contribution is -0.131. The number of H-pyrrole nitrogens is 1. The fraction of sp³-hybridized carbons (Fsp3) is 0.333. The molecule has 1 amide bonds. The zero-order valence-electron chi connectivity index (χ0n) is 9.85. The molecule has 0 atom stereocenters. The molecule has 18 heavy (non-hydrogen) atoms. The number of nitrogens with zero attached hydrogens (tertiary/aromatic N) is 2. The van der Waals surface area contributed by atoms with E-state index in [1.165, 1.54) is 0 Å². The van der Waals surface area contributed by atoms with E-state index < -0.39 is 0 Å². The topological polar surface area (TPSA) is 88.2 Å². The van der Waals surface area contributed by atoms with Crippen molar-refractivity contribution in [2.45, 2.75) is 19.4 Å². The number of nitrogens with two attached hydrogens (primary N) is 1. The Hall–Kier alpha value is -2.24. The predicted molar refractivity (Wildman–Crippen MR) is 64.5 cm³/mol. The monoisotopic (exact) mass is 246 g/mol. The number of fused-ring (bicyclic) bond motifs is 1. The average molecular weight is 246 g/mol. The smallest absolute Gasteiger partial charge is 0.292 e. The molecule has 3 heterocycles. The Balaban J connectivity index is 1.70. The van der Waals surface area contributed by atoms with Crippen molar-refractivity contribution in [1.29, 1.82) is 0 Å². The van der Waals surface area contributed by atoms with E-state index in [-0.39, 0.29) is 11.9 Å². The first-order valence-electron chi connectivity index (χ1n) is 5.86. The van der Waals surface area contributed by atoms with Crippen LogP contribution in [0, 0.1) is 0 Å². The zero-order valence-corrected chi connectivity index (χ0v) is 9.85. The van der Waals surface area contributed by atoms with Gasteiger partial charge in [0.1, 0.15) is 5.76 Å². The summed E-state index contributed by atoms with van der Waals surface area (Å²) in [5, 5.41) is 0. The zero-order chi connectivity index (χ0) is 12.5. The lowest BCUT2D eigenvalue weighted by atomic mass is 10.1. The van der Waals surface area contributed by atoms with Gasteiger partial charge in [-0.25, -0.2) is 0 Å². The second-order valence-electron chi connectivity index (χ2n) is 4.36. The van der Waals surface area contributed by atoms with Gasteiger partial charge in [-0.15, -0.1) is 0 Å². The van der Waals surface area contributed by atoms with Gasteiger partial charge in [0.2, 0.25) is 5.91 Å². The van der Waals surface area contributed by atoms with Gasteiger partial charge in [-0.2, -0.15) is 4.98 Å². The van der Waals surface area contributed by atoms with E-state index in [0.29, 0.717) is 31.7 Å². The van der Waals surface area contributed by atoms with Gasteiger partial charge >= 0.3 is 0 Å². The molecule has 0 saturated heterocycles. The van der Waals surface area contributed by atoms with E-state index in [2.05, 4.69) is 9.97 Å². The highest BCUT2D eigenvalue weighted by atomic mass is 16.4. The van der Waals surface area contributed by atoms with E-state index in [9.17, 15) is 4.79 Å². The maximum Gasteiger partial charge on any atom is 0.292 e. The predicted octanol–water partition coefficient (Wildman–Crippen LogP) is 0.712. The number of anilines is 1. The van der Waals surface area contributed by atoms with Crippen LogP contribution in [0.25, 0.3) is 0 Å². The van der Waals surface area contributed by atoms with Crippen LogP contribution in [0.15, 0.2) is 22.7 Å². The summed E-state index contributed by atoms with van der Waals surface area (Å²) in [5.74, 6) is 0.789. The number of carbonyl (C=O) groups is 1. The van der Waals surface area contributed by atoms with Crippen LogP contribution in [0.3, 0.4) is 0 Å². The largest absolute Gasteiger partial charge is 0.427 e. The fourth-order valence-electron chi connectivity index (χ4n) is 2.18. The SMILES string of the molecule is Nc1nc2c(o1)CN(C(=O)Cc1ccc[nH]1)CC2. The summed E-state index contributed by atoms with van der Waals surface area (Å²) >= 11 is 0. The molecule has 0 saturated carbocycles. The average Bonchev–Trinajstić information content (AvgIpc) is 2.95. The quantitative estimate of drug-likeness (QED) is 0.817. The molecule has 0 fully saturated rings. The van der Waals surface area contributed by atoms with Crippen LogP contribution in [0.5, 0.6) is 0 Å². The maximum absolute atomic E-state index is 12.1. The first-order valence-corrected chi connectivity index (χ1v) is 5.86. The van der Waals surface area contributed by atoms with Crippen LogP contribution >= 0.6 is 0 Å². The number of aromatic nitrogens is 2. The number of nitrogens with one attached hydrogen (secondary N) is 1. The number of hydrogen-bond acceptors (Lipinski definition) is 4. The van der Waals surface area contributed by atoms with Crippen LogP contribution in [0.1, 0.15) is 17.1 Å². The van der Waals surface area contributed by atoms with Crippen molar-refractivity contribution in [3.8, 4) is 0 Å². The highest BCUT2D eigenvalue weighted by Gasteiger charge is 2.25. The summed E-state index contributed by atoms with van der Waals surface area (Å²) in [4.78, 5) is 21.0. The van der Waals surface area contributed by atoms with Gasteiger partial charge in [0, 0.05) is 24.9 Å². The maximum atomic E-state index is 12.1. The Morgan fingerprint density at radius 2 is 2.50 bits per heavy atom. The Labute approximate surface area is 104 Å². The van der Waals surface area contributed by atoms with Gasteiger partial charge in [0.25, 0.3) is 6.01 Å². The summed E-state index contributed by atoms with van der Waals surface area (Å²) in [6.07, 6.45) is 2.90. The molecule has 2 aromatic heterocycles. The van der Waals surface area contributed by atoms with Gasteiger partial charge < -0.3 is 20.0 Å². The van der Waals surface area contributed by atoms with E-state index >= 15 is 0 Å². The van der Waals surface area contributed by atoms with Crippen LogP contribution in [-0.2, 0) is 24.2 Å². The molecule has 6 heteroatoms. The first kappa shape index (κ1) is 10.9. The van der Waals surface area contributed by atoms with Gasteiger partial charge in [0.15, 0.2) is 0 Å². The lowest BCUT2D eigenvalue weighted by Crippen LogP contribution is -2.36. The highest BCUT2D eigenvalue weighted by molar-refractivity contribution is 5.78. The van der Waals surface area contributed by atoms with Gasteiger partial charge in [-0.3, -0.25) is 4.79 Å². The minimum atomic E-state index is 0.0815. The van der Waals surface area contributed by atoms with Crippen molar-refractivity contribution in [3.63, 3.8) is 0 Å². The van der Waals surface area contributed by atoms with Crippen LogP contribution in [0.4, 0.5) is 6.01 Å². The van der Waals surface area contributed by atoms with Gasteiger partial charge in [-0.1, -0.05) is 0 Å². The minimum Gasteiger partial charge on any atom is -0.427 e. The molecule has 0 aliphatic carbocycles. The molecule has 1 aliphatic rings. The molecule has 2 aromatic rings. The molecule has 0 aromatic carbocycles.